The van der Waals surface area contributed by atoms with Crippen molar-refractivity contribution in [1.29, 1.82) is 0 Å². The third-order valence-electron chi connectivity index (χ3n) is 3.49. The number of imidazole rings is 1. The van der Waals surface area contributed by atoms with Gasteiger partial charge in [-0.05, 0) is 19.9 Å². The van der Waals surface area contributed by atoms with Crippen LogP contribution in [-0.4, -0.2) is 26.3 Å². The average Bonchev–Trinajstić information content (AvgIpc) is 2.90. The van der Waals surface area contributed by atoms with Crippen molar-refractivity contribution < 1.29 is 22.7 Å². The van der Waals surface area contributed by atoms with Crippen molar-refractivity contribution in [3.05, 3.63) is 40.2 Å². The van der Waals surface area contributed by atoms with Crippen LogP contribution in [0.3, 0.4) is 0 Å². The molecule has 0 saturated carbocycles. The maximum atomic E-state index is 12.6. The number of aromatic nitrogens is 3. The number of hydrogen-bond acceptors (Lipinski definition) is 3. The van der Waals surface area contributed by atoms with E-state index in [1.807, 2.05) is 0 Å². The summed E-state index contributed by atoms with van der Waals surface area (Å²) in [6.45, 7) is 1.69. The minimum Gasteiger partial charge on any atom is -0.454 e. The lowest BCUT2D eigenvalue weighted by Crippen LogP contribution is -2.20. The highest BCUT2D eigenvalue weighted by atomic mass is 35.5. The fraction of sp³-hybridized carbons (Fsp3) is 0.429. The number of halogens is 4. The number of carbonyl (C=O) groups excluding carboxylic acids is 1. The van der Waals surface area contributed by atoms with Crippen molar-refractivity contribution in [3.8, 4) is 0 Å². The van der Waals surface area contributed by atoms with Crippen molar-refractivity contribution in [2.45, 2.75) is 33.2 Å². The van der Waals surface area contributed by atoms with Crippen LogP contribution in [0.1, 0.15) is 27.6 Å². The van der Waals surface area contributed by atoms with E-state index in [9.17, 15) is 18.0 Å². The number of nitrogens with zero attached hydrogens (tertiary/aromatic N) is 3. The van der Waals surface area contributed by atoms with Crippen molar-refractivity contribution in [2.75, 3.05) is 0 Å². The van der Waals surface area contributed by atoms with E-state index in [0.29, 0.717) is 16.7 Å². The third-order valence-corrected chi connectivity index (χ3v) is 3.84. The Morgan fingerprint density at radius 3 is 2.57 bits per heavy atom. The predicted molar refractivity (Wildman–Crippen MR) is 77.3 cm³/mol. The zero-order chi connectivity index (χ0) is 17.4. The monoisotopic (exact) mass is 349 g/mol. The Hall–Kier alpha value is -1.96. The summed E-state index contributed by atoms with van der Waals surface area (Å²) in [5.74, 6) is -0.266. The Kier molecular flexibility index (Phi) is 4.74. The molecule has 0 bridgehead atoms. The van der Waals surface area contributed by atoms with E-state index >= 15 is 0 Å². The first-order valence-corrected chi connectivity index (χ1v) is 7.04. The van der Waals surface area contributed by atoms with E-state index < -0.39 is 18.7 Å². The molecule has 0 aliphatic rings. The molecule has 2 heterocycles. The van der Waals surface area contributed by atoms with Gasteiger partial charge in [-0.1, -0.05) is 11.6 Å². The highest BCUT2D eigenvalue weighted by Crippen LogP contribution is 2.23. The molecular formula is C14H15ClF3N3O2. The molecule has 2 aromatic heterocycles. The summed E-state index contributed by atoms with van der Waals surface area (Å²) in [6.07, 6.45) is -2.95. The molecule has 0 N–H and O–H groups in total. The quantitative estimate of drug-likeness (QED) is 0.795. The maximum absolute atomic E-state index is 12.6. The van der Waals surface area contributed by atoms with Crippen molar-refractivity contribution >= 4 is 17.6 Å². The molecule has 5 nitrogen and oxygen atoms in total. The summed E-state index contributed by atoms with van der Waals surface area (Å²) in [7, 11) is 1.66. The summed E-state index contributed by atoms with van der Waals surface area (Å²) in [5.41, 5.74) is 0.654. The molecule has 0 saturated heterocycles. The van der Waals surface area contributed by atoms with Crippen LogP contribution in [0.5, 0.6) is 0 Å². The molecule has 0 aliphatic carbocycles. The minimum absolute atomic E-state index is 0.104. The second kappa shape index (κ2) is 6.27. The SMILES string of the molecule is Cc1cc(C(=O)OCc2ncc(Cl)n2C)c(C)n1CC(F)(F)F. The topological polar surface area (TPSA) is 49.0 Å². The molecule has 23 heavy (non-hydrogen) atoms. The molecule has 0 aromatic carbocycles. The fourth-order valence-electron chi connectivity index (χ4n) is 2.20. The van der Waals surface area contributed by atoms with E-state index in [1.54, 1.807) is 11.6 Å². The summed E-state index contributed by atoms with van der Waals surface area (Å²) < 4.78 is 45.4. The summed E-state index contributed by atoms with van der Waals surface area (Å²) in [5, 5.41) is 0.388. The van der Waals surface area contributed by atoms with Gasteiger partial charge < -0.3 is 13.9 Å². The van der Waals surface area contributed by atoms with Gasteiger partial charge in [-0.2, -0.15) is 13.2 Å². The zero-order valence-corrected chi connectivity index (χ0v) is 13.5. The van der Waals surface area contributed by atoms with Crippen molar-refractivity contribution in [1.82, 2.24) is 14.1 Å². The third kappa shape index (κ3) is 3.87. The predicted octanol–water partition coefficient (Wildman–Crippen LogP) is 3.41. The fourth-order valence-corrected chi connectivity index (χ4v) is 2.34. The molecule has 2 rings (SSSR count). The van der Waals surface area contributed by atoms with Crippen LogP contribution >= 0.6 is 11.6 Å². The standard InChI is InChI=1S/C14H15ClF3N3O2/c1-8-4-10(9(2)21(8)7-14(16,17)18)13(22)23-6-12-19-5-11(15)20(12)3/h4-5H,6-7H2,1-3H3. The average molecular weight is 350 g/mol. The molecule has 0 aliphatic heterocycles. The second-order valence-electron chi connectivity index (χ2n) is 5.12. The van der Waals surface area contributed by atoms with E-state index in [-0.39, 0.29) is 17.9 Å². The van der Waals surface area contributed by atoms with E-state index in [4.69, 9.17) is 16.3 Å². The second-order valence-corrected chi connectivity index (χ2v) is 5.51. The largest absolute Gasteiger partial charge is 0.454 e. The van der Waals surface area contributed by atoms with E-state index in [0.717, 1.165) is 4.57 Å². The lowest BCUT2D eigenvalue weighted by atomic mass is 10.2. The highest BCUT2D eigenvalue weighted by Gasteiger charge is 2.30. The van der Waals surface area contributed by atoms with Gasteiger partial charge in [0.25, 0.3) is 0 Å². The molecule has 0 atom stereocenters. The molecule has 2 aromatic rings. The smallest absolute Gasteiger partial charge is 0.406 e. The number of ether oxygens (including phenoxy) is 1. The van der Waals surface area contributed by atoms with Gasteiger partial charge in [0.15, 0.2) is 0 Å². The van der Waals surface area contributed by atoms with E-state index in [2.05, 4.69) is 4.98 Å². The molecule has 0 unspecified atom stereocenters. The lowest BCUT2D eigenvalue weighted by Gasteiger charge is -2.12. The molecule has 126 valence electrons. The number of hydrogen-bond donors (Lipinski definition) is 0. The van der Waals surface area contributed by atoms with Gasteiger partial charge in [-0.15, -0.1) is 0 Å². The van der Waals surface area contributed by atoms with Crippen LogP contribution in [-0.2, 0) is 24.9 Å². The molecule has 0 amide bonds. The van der Waals surface area contributed by atoms with Gasteiger partial charge in [-0.25, -0.2) is 9.78 Å². The first kappa shape index (κ1) is 17.4. The summed E-state index contributed by atoms with van der Waals surface area (Å²) >= 11 is 5.82. The number of esters is 1. The number of carbonyl (C=O) groups is 1. The van der Waals surface area contributed by atoms with Gasteiger partial charge in [-0.3, -0.25) is 0 Å². The molecular weight excluding hydrogens is 335 g/mol. The molecule has 0 fully saturated rings. The van der Waals surface area contributed by atoms with Gasteiger partial charge in [0, 0.05) is 18.4 Å². The van der Waals surface area contributed by atoms with Crippen LogP contribution in [0.25, 0.3) is 0 Å². The van der Waals surface area contributed by atoms with Gasteiger partial charge >= 0.3 is 12.1 Å². The zero-order valence-electron chi connectivity index (χ0n) is 12.7. The number of alkyl halides is 3. The Labute approximate surface area is 135 Å². The first-order valence-electron chi connectivity index (χ1n) is 6.67. The van der Waals surface area contributed by atoms with Gasteiger partial charge in [0.05, 0.1) is 11.8 Å². The van der Waals surface area contributed by atoms with Crippen LogP contribution < -0.4 is 0 Å². The Balaban J connectivity index is 2.14. The maximum Gasteiger partial charge on any atom is 0.406 e. The molecule has 9 heteroatoms. The molecule has 0 radical (unpaired) electrons. The Morgan fingerprint density at radius 2 is 2.04 bits per heavy atom. The normalized spacial score (nSPS) is 11.8. The Bertz CT molecular complexity index is 734. The highest BCUT2D eigenvalue weighted by molar-refractivity contribution is 6.29. The minimum atomic E-state index is -4.36. The van der Waals surface area contributed by atoms with Gasteiger partial charge in [0.2, 0.25) is 0 Å². The lowest BCUT2D eigenvalue weighted by molar-refractivity contribution is -0.141. The first-order chi connectivity index (χ1) is 10.6. The summed E-state index contributed by atoms with van der Waals surface area (Å²) in [6, 6.07) is 1.38. The van der Waals surface area contributed by atoms with Crippen molar-refractivity contribution in [2.24, 2.45) is 7.05 Å². The van der Waals surface area contributed by atoms with Crippen LogP contribution in [0.15, 0.2) is 12.3 Å². The van der Waals surface area contributed by atoms with E-state index in [1.165, 1.54) is 26.1 Å². The van der Waals surface area contributed by atoms with Crippen LogP contribution in [0, 0.1) is 13.8 Å². The number of rotatable bonds is 4. The van der Waals surface area contributed by atoms with Crippen molar-refractivity contribution in [3.63, 3.8) is 0 Å². The van der Waals surface area contributed by atoms with Crippen LogP contribution in [0.2, 0.25) is 5.15 Å². The number of aryl methyl sites for hydroxylation is 1. The summed E-state index contributed by atoms with van der Waals surface area (Å²) in [4.78, 5) is 16.1. The van der Waals surface area contributed by atoms with Crippen LogP contribution in [0.4, 0.5) is 13.2 Å². The van der Waals surface area contributed by atoms with Gasteiger partial charge in [0.1, 0.15) is 24.1 Å². The Morgan fingerprint density at radius 1 is 1.39 bits per heavy atom. The molecule has 0 spiro atoms.